The fourth-order valence-electron chi connectivity index (χ4n) is 3.22. The van der Waals surface area contributed by atoms with E-state index in [-0.39, 0.29) is 5.91 Å². The number of benzene rings is 1. The van der Waals surface area contributed by atoms with Crippen molar-refractivity contribution in [2.75, 3.05) is 27.2 Å². The zero-order chi connectivity index (χ0) is 17.1. The van der Waals surface area contributed by atoms with Crippen molar-refractivity contribution in [2.24, 2.45) is 0 Å². The molecule has 0 spiro atoms. The molecule has 2 aromatic rings. The summed E-state index contributed by atoms with van der Waals surface area (Å²) >= 11 is 1.76. The lowest BCUT2D eigenvalue weighted by Crippen LogP contribution is -2.39. The molecule has 0 radical (unpaired) electrons. The average molecular weight is 343 g/mol. The Morgan fingerprint density at radius 2 is 2.08 bits per heavy atom. The third-order valence-corrected chi connectivity index (χ3v) is 5.47. The van der Waals surface area contributed by atoms with E-state index in [0.29, 0.717) is 5.92 Å². The fraction of sp³-hybridized carbons (Fsp3) is 0.474. The van der Waals surface area contributed by atoms with Crippen molar-refractivity contribution in [3.05, 3.63) is 51.5 Å². The van der Waals surface area contributed by atoms with Crippen molar-refractivity contribution < 1.29 is 4.79 Å². The van der Waals surface area contributed by atoms with Crippen LogP contribution in [0.1, 0.15) is 44.6 Å². The van der Waals surface area contributed by atoms with Gasteiger partial charge in [-0.3, -0.25) is 4.79 Å². The first kappa shape index (κ1) is 17.1. The molecule has 0 saturated carbocycles. The molecule has 128 valence electrons. The minimum absolute atomic E-state index is 0.143. The number of thiazole rings is 1. The van der Waals surface area contributed by atoms with Crippen molar-refractivity contribution in [1.29, 1.82) is 0 Å². The lowest BCUT2D eigenvalue weighted by Gasteiger charge is -2.32. The Kier molecular flexibility index (Phi) is 5.31. The first-order chi connectivity index (χ1) is 11.5. The first-order valence-electron chi connectivity index (χ1n) is 8.48. The van der Waals surface area contributed by atoms with Crippen molar-refractivity contribution in [1.82, 2.24) is 14.8 Å². The van der Waals surface area contributed by atoms with Gasteiger partial charge in [-0.2, -0.15) is 0 Å². The molecule has 1 aromatic carbocycles. The minimum Gasteiger partial charge on any atom is -0.338 e. The summed E-state index contributed by atoms with van der Waals surface area (Å²) in [5.41, 5.74) is 2.01. The number of piperidine rings is 1. The van der Waals surface area contributed by atoms with Gasteiger partial charge in [0.05, 0.1) is 5.01 Å². The highest BCUT2D eigenvalue weighted by Crippen LogP contribution is 2.30. The van der Waals surface area contributed by atoms with Gasteiger partial charge in [0, 0.05) is 42.2 Å². The summed E-state index contributed by atoms with van der Waals surface area (Å²) in [6.45, 7) is 4.61. The predicted octanol–water partition coefficient (Wildman–Crippen LogP) is 3.53. The average Bonchev–Trinajstić information content (AvgIpc) is 3.01. The Labute approximate surface area is 148 Å². The third-order valence-electron chi connectivity index (χ3n) is 4.40. The standard InChI is InChI=1S/C19H25N3OS/c1-14-11-20-18(24-14)17-5-4-10-22(13-17)19(23)16-8-6-15(7-9-16)12-21(2)3/h6-9,11,17H,4-5,10,12-13H2,1-3H3/t17-/m0/s1. The number of likely N-dealkylation sites (tertiary alicyclic amines) is 1. The molecule has 0 unspecified atom stereocenters. The Morgan fingerprint density at radius 3 is 2.71 bits per heavy atom. The van der Waals surface area contributed by atoms with E-state index >= 15 is 0 Å². The van der Waals surface area contributed by atoms with E-state index in [0.717, 1.165) is 38.0 Å². The normalized spacial score (nSPS) is 18.2. The molecule has 0 N–H and O–H groups in total. The van der Waals surface area contributed by atoms with Gasteiger partial charge >= 0.3 is 0 Å². The van der Waals surface area contributed by atoms with Crippen LogP contribution in [0, 0.1) is 6.92 Å². The molecule has 1 aliphatic heterocycles. The summed E-state index contributed by atoms with van der Waals surface area (Å²) in [5.74, 6) is 0.527. The maximum Gasteiger partial charge on any atom is 0.253 e. The molecule has 1 atom stereocenters. The Morgan fingerprint density at radius 1 is 1.33 bits per heavy atom. The Bertz CT molecular complexity index is 693. The van der Waals surface area contributed by atoms with Crippen molar-refractivity contribution >= 4 is 17.2 Å². The number of carbonyl (C=O) groups is 1. The Balaban J connectivity index is 1.67. The molecule has 1 saturated heterocycles. The highest BCUT2D eigenvalue weighted by molar-refractivity contribution is 7.11. The molecule has 1 fully saturated rings. The molecule has 1 aliphatic rings. The SMILES string of the molecule is Cc1cnc([C@H]2CCCN(C(=O)c3ccc(CN(C)C)cc3)C2)s1. The van der Waals surface area contributed by atoms with Gasteiger partial charge in [-0.25, -0.2) is 4.98 Å². The molecule has 5 heteroatoms. The molecule has 1 aromatic heterocycles. The maximum absolute atomic E-state index is 12.8. The van der Waals surface area contributed by atoms with Gasteiger partial charge in [-0.15, -0.1) is 11.3 Å². The number of nitrogens with zero attached hydrogens (tertiary/aromatic N) is 3. The summed E-state index contributed by atoms with van der Waals surface area (Å²) in [6, 6.07) is 8.02. The van der Waals surface area contributed by atoms with E-state index in [1.54, 1.807) is 11.3 Å². The number of amides is 1. The molecular weight excluding hydrogens is 318 g/mol. The van der Waals surface area contributed by atoms with Crippen LogP contribution in [0.5, 0.6) is 0 Å². The van der Waals surface area contributed by atoms with Crippen molar-refractivity contribution in [3.63, 3.8) is 0 Å². The molecule has 4 nitrogen and oxygen atoms in total. The number of aryl methyl sites for hydroxylation is 1. The van der Waals surface area contributed by atoms with Gasteiger partial charge in [0.2, 0.25) is 0 Å². The van der Waals surface area contributed by atoms with Gasteiger partial charge in [0.15, 0.2) is 0 Å². The monoisotopic (exact) mass is 343 g/mol. The summed E-state index contributed by atoms with van der Waals surface area (Å²) in [5, 5.41) is 1.17. The second-order valence-electron chi connectivity index (χ2n) is 6.83. The highest BCUT2D eigenvalue weighted by atomic mass is 32.1. The predicted molar refractivity (Wildman–Crippen MR) is 98.6 cm³/mol. The smallest absolute Gasteiger partial charge is 0.253 e. The van der Waals surface area contributed by atoms with E-state index in [4.69, 9.17) is 0 Å². The number of hydrogen-bond donors (Lipinski definition) is 0. The molecule has 3 rings (SSSR count). The van der Waals surface area contributed by atoms with Crippen LogP contribution in [0.3, 0.4) is 0 Å². The van der Waals surface area contributed by atoms with Crippen LogP contribution in [-0.2, 0) is 6.54 Å². The molecule has 24 heavy (non-hydrogen) atoms. The maximum atomic E-state index is 12.8. The topological polar surface area (TPSA) is 36.4 Å². The quantitative estimate of drug-likeness (QED) is 0.852. The summed E-state index contributed by atoms with van der Waals surface area (Å²) in [7, 11) is 4.10. The second kappa shape index (κ2) is 7.45. The van der Waals surface area contributed by atoms with E-state index in [9.17, 15) is 4.79 Å². The van der Waals surface area contributed by atoms with Crippen LogP contribution in [0.4, 0.5) is 0 Å². The van der Waals surface area contributed by atoms with Crippen LogP contribution in [0.15, 0.2) is 30.5 Å². The van der Waals surface area contributed by atoms with Crippen molar-refractivity contribution in [3.8, 4) is 0 Å². The van der Waals surface area contributed by atoms with Crippen LogP contribution in [0.2, 0.25) is 0 Å². The number of hydrogen-bond acceptors (Lipinski definition) is 4. The zero-order valence-corrected chi connectivity index (χ0v) is 15.5. The first-order valence-corrected chi connectivity index (χ1v) is 9.30. The number of rotatable bonds is 4. The second-order valence-corrected chi connectivity index (χ2v) is 8.10. The summed E-state index contributed by atoms with van der Waals surface area (Å²) in [4.78, 5) is 22.7. The van der Waals surface area contributed by atoms with Gasteiger partial charge < -0.3 is 9.80 Å². The van der Waals surface area contributed by atoms with Gasteiger partial charge in [-0.1, -0.05) is 12.1 Å². The van der Waals surface area contributed by atoms with Crippen LogP contribution >= 0.6 is 11.3 Å². The molecule has 2 heterocycles. The summed E-state index contributed by atoms with van der Waals surface area (Å²) in [6.07, 6.45) is 4.11. The Hall–Kier alpha value is -1.72. The van der Waals surface area contributed by atoms with E-state index in [1.807, 2.05) is 37.3 Å². The molecule has 1 amide bonds. The van der Waals surface area contributed by atoms with E-state index < -0.39 is 0 Å². The fourth-order valence-corrected chi connectivity index (χ4v) is 4.12. The van der Waals surface area contributed by atoms with Crippen LogP contribution in [0.25, 0.3) is 0 Å². The van der Waals surface area contributed by atoms with Gasteiger partial charge in [-0.05, 0) is 51.6 Å². The zero-order valence-electron chi connectivity index (χ0n) is 14.7. The number of aromatic nitrogens is 1. The largest absolute Gasteiger partial charge is 0.338 e. The number of carbonyl (C=O) groups excluding carboxylic acids is 1. The van der Waals surface area contributed by atoms with Crippen molar-refractivity contribution in [2.45, 2.75) is 32.2 Å². The lowest BCUT2D eigenvalue weighted by atomic mass is 9.98. The van der Waals surface area contributed by atoms with Crippen LogP contribution < -0.4 is 0 Å². The highest BCUT2D eigenvalue weighted by Gasteiger charge is 2.27. The molecule has 0 aliphatic carbocycles. The minimum atomic E-state index is 0.143. The van der Waals surface area contributed by atoms with Gasteiger partial charge in [0.25, 0.3) is 5.91 Å². The summed E-state index contributed by atoms with van der Waals surface area (Å²) < 4.78 is 0. The molecule has 0 bridgehead atoms. The van der Waals surface area contributed by atoms with E-state index in [1.165, 1.54) is 15.4 Å². The third kappa shape index (κ3) is 4.02. The van der Waals surface area contributed by atoms with E-state index in [2.05, 4.69) is 28.9 Å². The van der Waals surface area contributed by atoms with Gasteiger partial charge in [0.1, 0.15) is 0 Å². The molecular formula is C19H25N3OS. The lowest BCUT2D eigenvalue weighted by molar-refractivity contribution is 0.0707. The van der Waals surface area contributed by atoms with Crippen LogP contribution in [-0.4, -0.2) is 47.9 Å².